The summed E-state index contributed by atoms with van der Waals surface area (Å²) in [5.41, 5.74) is 1.11. The van der Waals surface area contributed by atoms with Crippen LogP contribution in [-0.2, 0) is 0 Å². The first-order chi connectivity index (χ1) is 7.99. The number of aromatic hydroxyl groups is 2. The normalized spacial score (nSPS) is 11.5. The summed E-state index contributed by atoms with van der Waals surface area (Å²) in [5, 5.41) is 19.4. The number of hydrogen-bond acceptors (Lipinski definition) is 3. The average Bonchev–Trinajstić information content (AvgIpc) is 2.31. The highest BCUT2D eigenvalue weighted by atomic mass is 16.3. The molecule has 0 saturated heterocycles. The Kier molecular flexibility index (Phi) is 4.10. The van der Waals surface area contributed by atoms with Crippen LogP contribution in [0.15, 0.2) is 30.4 Å². The zero-order valence-electron chi connectivity index (χ0n) is 10.2. The van der Waals surface area contributed by atoms with Crippen LogP contribution in [0.4, 0.5) is 0 Å². The van der Waals surface area contributed by atoms with Crippen LogP contribution >= 0.6 is 0 Å². The number of allylic oxidation sites excluding steroid dienone is 4. The molecule has 0 fully saturated rings. The molecule has 2 N–H and O–H groups in total. The number of aryl methyl sites for hydroxylation is 1. The minimum Gasteiger partial charge on any atom is -0.507 e. The van der Waals surface area contributed by atoms with Crippen molar-refractivity contribution < 1.29 is 15.0 Å². The van der Waals surface area contributed by atoms with Crippen LogP contribution in [0.1, 0.15) is 28.4 Å². The van der Waals surface area contributed by atoms with Crippen LogP contribution in [0.25, 0.3) is 0 Å². The van der Waals surface area contributed by atoms with Gasteiger partial charge in [0.05, 0.1) is 5.56 Å². The Morgan fingerprint density at radius 1 is 1.18 bits per heavy atom. The first kappa shape index (κ1) is 13.0. The molecule has 0 saturated carbocycles. The fourth-order valence-electron chi connectivity index (χ4n) is 1.49. The smallest absolute Gasteiger partial charge is 0.189 e. The van der Waals surface area contributed by atoms with Crippen molar-refractivity contribution in [3.05, 3.63) is 47.1 Å². The van der Waals surface area contributed by atoms with Gasteiger partial charge in [-0.25, -0.2) is 0 Å². The van der Waals surface area contributed by atoms with Crippen molar-refractivity contribution >= 4 is 5.78 Å². The first-order valence-corrected chi connectivity index (χ1v) is 5.34. The molecule has 1 rings (SSSR count). The van der Waals surface area contributed by atoms with Crippen molar-refractivity contribution in [1.29, 1.82) is 0 Å². The summed E-state index contributed by atoms with van der Waals surface area (Å²) < 4.78 is 0. The van der Waals surface area contributed by atoms with E-state index in [-0.39, 0.29) is 22.8 Å². The third-order valence-corrected chi connectivity index (χ3v) is 2.52. The Balaban J connectivity index is 3.19. The second-order valence-corrected chi connectivity index (χ2v) is 3.81. The molecule has 0 aliphatic carbocycles. The van der Waals surface area contributed by atoms with Crippen LogP contribution in [0.2, 0.25) is 0 Å². The van der Waals surface area contributed by atoms with Gasteiger partial charge in [0.1, 0.15) is 11.5 Å². The van der Waals surface area contributed by atoms with E-state index in [0.29, 0.717) is 11.1 Å². The van der Waals surface area contributed by atoms with Crippen LogP contribution < -0.4 is 0 Å². The van der Waals surface area contributed by atoms with E-state index in [1.54, 1.807) is 32.1 Å². The number of carbonyl (C=O) groups excluding carboxylic acids is 1. The van der Waals surface area contributed by atoms with Crippen molar-refractivity contribution in [3.8, 4) is 11.5 Å². The number of hydrogen-bond donors (Lipinski definition) is 2. The van der Waals surface area contributed by atoms with Crippen LogP contribution in [0.3, 0.4) is 0 Å². The minimum atomic E-state index is -0.285. The molecule has 17 heavy (non-hydrogen) atoms. The van der Waals surface area contributed by atoms with E-state index in [1.165, 1.54) is 12.1 Å². The van der Waals surface area contributed by atoms with Gasteiger partial charge in [-0.05, 0) is 38.5 Å². The molecule has 0 aliphatic heterocycles. The fourth-order valence-corrected chi connectivity index (χ4v) is 1.49. The first-order valence-electron chi connectivity index (χ1n) is 5.34. The Morgan fingerprint density at radius 3 is 2.41 bits per heavy atom. The van der Waals surface area contributed by atoms with E-state index in [4.69, 9.17) is 0 Å². The van der Waals surface area contributed by atoms with Gasteiger partial charge in [-0.2, -0.15) is 0 Å². The molecule has 3 heteroatoms. The molecule has 3 nitrogen and oxygen atoms in total. The zero-order valence-corrected chi connectivity index (χ0v) is 10.2. The Hall–Kier alpha value is -2.03. The monoisotopic (exact) mass is 232 g/mol. The molecular formula is C14H16O3. The largest absolute Gasteiger partial charge is 0.507 e. The summed E-state index contributed by atoms with van der Waals surface area (Å²) in [6.45, 7) is 5.11. The summed E-state index contributed by atoms with van der Waals surface area (Å²) in [5.74, 6) is -0.425. The lowest BCUT2D eigenvalue weighted by molar-refractivity contribution is 0.104. The third-order valence-electron chi connectivity index (χ3n) is 2.52. The molecule has 0 unspecified atom stereocenters. The average molecular weight is 232 g/mol. The molecule has 0 aromatic heterocycles. The molecule has 0 bridgehead atoms. The summed E-state index contributed by atoms with van der Waals surface area (Å²) in [6, 6.07) is 1.49. The number of benzene rings is 1. The molecule has 0 spiro atoms. The number of ketones is 1. The van der Waals surface area contributed by atoms with Gasteiger partial charge in [-0.3, -0.25) is 4.79 Å². The van der Waals surface area contributed by atoms with Crippen LogP contribution in [0, 0.1) is 13.8 Å². The maximum atomic E-state index is 11.8. The number of phenolic OH excluding ortho intramolecular Hbond substituents is 2. The van der Waals surface area contributed by atoms with Gasteiger partial charge >= 0.3 is 0 Å². The van der Waals surface area contributed by atoms with Gasteiger partial charge in [-0.1, -0.05) is 18.2 Å². The Morgan fingerprint density at radius 2 is 1.82 bits per heavy atom. The number of carbonyl (C=O) groups is 1. The lowest BCUT2D eigenvalue weighted by Gasteiger charge is -2.09. The molecule has 1 aromatic carbocycles. The molecule has 0 amide bonds. The molecule has 0 heterocycles. The lowest BCUT2D eigenvalue weighted by atomic mass is 10.0. The molecular weight excluding hydrogens is 216 g/mol. The van der Waals surface area contributed by atoms with Crippen molar-refractivity contribution in [2.24, 2.45) is 0 Å². The zero-order chi connectivity index (χ0) is 13.0. The highest BCUT2D eigenvalue weighted by molar-refractivity contribution is 6.07. The van der Waals surface area contributed by atoms with Crippen molar-refractivity contribution in [2.45, 2.75) is 20.8 Å². The van der Waals surface area contributed by atoms with E-state index >= 15 is 0 Å². The summed E-state index contributed by atoms with van der Waals surface area (Å²) >= 11 is 0. The van der Waals surface area contributed by atoms with Gasteiger partial charge in [0, 0.05) is 5.56 Å². The second-order valence-electron chi connectivity index (χ2n) is 3.81. The molecule has 90 valence electrons. The maximum Gasteiger partial charge on any atom is 0.189 e. The van der Waals surface area contributed by atoms with Gasteiger partial charge < -0.3 is 10.2 Å². The SMILES string of the molecule is CC=CC=CC(=O)c1cc(C)c(O)c(C)c1O. The fraction of sp³-hybridized carbons (Fsp3) is 0.214. The van der Waals surface area contributed by atoms with Crippen LogP contribution in [-0.4, -0.2) is 16.0 Å². The van der Waals surface area contributed by atoms with Crippen LogP contribution in [0.5, 0.6) is 11.5 Å². The molecule has 0 radical (unpaired) electrons. The number of phenols is 2. The van der Waals surface area contributed by atoms with Crippen molar-refractivity contribution in [1.82, 2.24) is 0 Å². The Labute approximate surface area is 101 Å². The highest BCUT2D eigenvalue weighted by Gasteiger charge is 2.15. The van der Waals surface area contributed by atoms with E-state index in [2.05, 4.69) is 0 Å². The number of rotatable bonds is 3. The van der Waals surface area contributed by atoms with Crippen molar-refractivity contribution in [3.63, 3.8) is 0 Å². The summed E-state index contributed by atoms with van der Waals surface area (Å²) in [6.07, 6.45) is 6.52. The topological polar surface area (TPSA) is 57.5 Å². The minimum absolute atomic E-state index is 0.0245. The predicted molar refractivity (Wildman–Crippen MR) is 67.5 cm³/mol. The summed E-state index contributed by atoms with van der Waals surface area (Å²) in [7, 11) is 0. The van der Waals surface area contributed by atoms with E-state index in [9.17, 15) is 15.0 Å². The predicted octanol–water partition coefficient (Wildman–Crippen LogP) is 3.03. The third kappa shape index (κ3) is 2.75. The van der Waals surface area contributed by atoms with Gasteiger partial charge in [0.2, 0.25) is 0 Å². The second kappa shape index (κ2) is 5.34. The maximum absolute atomic E-state index is 11.8. The van der Waals surface area contributed by atoms with E-state index < -0.39 is 0 Å². The Bertz CT molecular complexity index is 497. The standard InChI is InChI=1S/C14H16O3/c1-4-5-6-7-12(15)11-8-9(2)13(16)10(3)14(11)17/h4-8,16-17H,1-3H3. The molecule has 0 aliphatic rings. The highest BCUT2D eigenvalue weighted by Crippen LogP contribution is 2.33. The molecule has 1 aromatic rings. The van der Waals surface area contributed by atoms with Gasteiger partial charge in [0.15, 0.2) is 5.78 Å². The lowest BCUT2D eigenvalue weighted by Crippen LogP contribution is -1.98. The van der Waals surface area contributed by atoms with Crippen molar-refractivity contribution in [2.75, 3.05) is 0 Å². The van der Waals surface area contributed by atoms with Gasteiger partial charge in [-0.15, -0.1) is 0 Å². The van der Waals surface area contributed by atoms with E-state index in [1.807, 2.05) is 6.92 Å². The van der Waals surface area contributed by atoms with E-state index in [0.717, 1.165) is 0 Å². The molecule has 0 atom stereocenters. The van der Waals surface area contributed by atoms with Gasteiger partial charge in [0.25, 0.3) is 0 Å². The quantitative estimate of drug-likeness (QED) is 0.478. The summed E-state index contributed by atoms with van der Waals surface area (Å²) in [4.78, 5) is 11.8.